The van der Waals surface area contributed by atoms with Crippen LogP contribution in [0.5, 0.6) is 0 Å². The molecule has 0 heterocycles. The summed E-state index contributed by atoms with van der Waals surface area (Å²) in [6.45, 7) is 12.0. The van der Waals surface area contributed by atoms with Crippen molar-refractivity contribution in [3.8, 4) is 0 Å². The Bertz CT molecular complexity index is 213. The van der Waals surface area contributed by atoms with Gasteiger partial charge >= 0.3 is 0 Å². The van der Waals surface area contributed by atoms with Crippen LogP contribution in [-0.4, -0.2) is 30.2 Å². The summed E-state index contributed by atoms with van der Waals surface area (Å²) in [5.74, 6) is 0.570. The first-order valence-electron chi connectivity index (χ1n) is 8.84. The molecule has 3 heteroatoms. The minimum absolute atomic E-state index is 0.0553. The standard InChI is InChI=1S/C18H38O3/c1-6-8-13-20-17(21-14-9-7-2)15-16(3)11-10-12-18(4,5)19/h16-17,19H,6-15H2,1-5H3. The van der Waals surface area contributed by atoms with Gasteiger partial charge in [-0.2, -0.15) is 0 Å². The Morgan fingerprint density at radius 2 is 1.48 bits per heavy atom. The number of ether oxygens (including phenoxy) is 2. The normalized spacial score (nSPS) is 13.9. The van der Waals surface area contributed by atoms with E-state index in [1.165, 1.54) is 0 Å². The van der Waals surface area contributed by atoms with Gasteiger partial charge in [-0.05, 0) is 39.0 Å². The van der Waals surface area contributed by atoms with Crippen LogP contribution in [0.3, 0.4) is 0 Å². The van der Waals surface area contributed by atoms with Gasteiger partial charge in [-0.15, -0.1) is 0 Å². The fourth-order valence-corrected chi connectivity index (χ4v) is 2.23. The first-order valence-corrected chi connectivity index (χ1v) is 8.84. The molecule has 0 rings (SSSR count). The van der Waals surface area contributed by atoms with Crippen LogP contribution >= 0.6 is 0 Å². The van der Waals surface area contributed by atoms with Crippen molar-refractivity contribution < 1.29 is 14.6 Å². The van der Waals surface area contributed by atoms with Crippen LogP contribution in [0.2, 0.25) is 0 Å². The number of aliphatic hydroxyl groups is 1. The van der Waals surface area contributed by atoms with E-state index in [2.05, 4.69) is 20.8 Å². The van der Waals surface area contributed by atoms with E-state index in [4.69, 9.17) is 9.47 Å². The quantitative estimate of drug-likeness (QED) is 0.366. The molecule has 0 saturated heterocycles. The first-order chi connectivity index (χ1) is 9.89. The minimum atomic E-state index is -0.547. The van der Waals surface area contributed by atoms with E-state index in [0.29, 0.717) is 5.92 Å². The molecule has 1 atom stereocenters. The third-order valence-electron chi connectivity index (χ3n) is 3.68. The number of hydrogen-bond acceptors (Lipinski definition) is 3. The van der Waals surface area contributed by atoms with Gasteiger partial charge in [0.2, 0.25) is 0 Å². The Morgan fingerprint density at radius 1 is 0.952 bits per heavy atom. The predicted octanol–water partition coefficient (Wildman–Crippen LogP) is 4.91. The molecular formula is C18H38O3. The van der Waals surface area contributed by atoms with Crippen molar-refractivity contribution in [2.75, 3.05) is 13.2 Å². The monoisotopic (exact) mass is 302 g/mol. The van der Waals surface area contributed by atoms with E-state index in [-0.39, 0.29) is 6.29 Å². The van der Waals surface area contributed by atoms with Crippen molar-refractivity contribution in [2.24, 2.45) is 5.92 Å². The lowest BCUT2D eigenvalue weighted by Crippen LogP contribution is -2.22. The highest BCUT2D eigenvalue weighted by Gasteiger charge is 2.16. The van der Waals surface area contributed by atoms with Crippen LogP contribution in [0.25, 0.3) is 0 Å². The van der Waals surface area contributed by atoms with Gasteiger partial charge < -0.3 is 14.6 Å². The van der Waals surface area contributed by atoms with E-state index < -0.39 is 5.60 Å². The second-order valence-electron chi connectivity index (χ2n) is 6.92. The maximum atomic E-state index is 9.75. The molecular weight excluding hydrogens is 264 g/mol. The average molecular weight is 302 g/mol. The van der Waals surface area contributed by atoms with Crippen molar-refractivity contribution in [3.05, 3.63) is 0 Å². The Balaban J connectivity index is 3.98. The van der Waals surface area contributed by atoms with Crippen molar-refractivity contribution in [3.63, 3.8) is 0 Å². The van der Waals surface area contributed by atoms with Gasteiger partial charge in [0.1, 0.15) is 0 Å². The highest BCUT2D eigenvalue weighted by molar-refractivity contribution is 4.66. The molecule has 0 aromatic carbocycles. The molecule has 0 saturated carbocycles. The molecule has 3 nitrogen and oxygen atoms in total. The molecule has 0 aliphatic rings. The third kappa shape index (κ3) is 14.6. The molecule has 0 aliphatic heterocycles. The van der Waals surface area contributed by atoms with E-state index in [0.717, 1.165) is 64.6 Å². The van der Waals surface area contributed by atoms with Gasteiger partial charge in [-0.1, -0.05) is 46.5 Å². The van der Waals surface area contributed by atoms with E-state index >= 15 is 0 Å². The topological polar surface area (TPSA) is 38.7 Å². The summed E-state index contributed by atoms with van der Waals surface area (Å²) in [4.78, 5) is 0. The Morgan fingerprint density at radius 3 is 1.90 bits per heavy atom. The summed E-state index contributed by atoms with van der Waals surface area (Å²) < 4.78 is 11.8. The summed E-state index contributed by atoms with van der Waals surface area (Å²) in [6, 6.07) is 0. The van der Waals surface area contributed by atoms with Crippen molar-refractivity contribution >= 4 is 0 Å². The van der Waals surface area contributed by atoms with Gasteiger partial charge in [0.15, 0.2) is 6.29 Å². The fraction of sp³-hybridized carbons (Fsp3) is 1.00. The second kappa shape index (κ2) is 12.4. The van der Waals surface area contributed by atoms with Gasteiger partial charge in [-0.25, -0.2) is 0 Å². The molecule has 0 aromatic heterocycles. The van der Waals surface area contributed by atoms with Crippen molar-refractivity contribution in [1.82, 2.24) is 0 Å². The van der Waals surface area contributed by atoms with Crippen LogP contribution in [0.1, 0.15) is 86.0 Å². The fourth-order valence-electron chi connectivity index (χ4n) is 2.23. The smallest absolute Gasteiger partial charge is 0.157 e. The van der Waals surface area contributed by atoms with Crippen molar-refractivity contribution in [2.45, 2.75) is 97.9 Å². The highest BCUT2D eigenvalue weighted by Crippen LogP contribution is 2.20. The molecule has 0 radical (unpaired) electrons. The van der Waals surface area contributed by atoms with Gasteiger partial charge in [0.05, 0.1) is 5.60 Å². The average Bonchev–Trinajstić information content (AvgIpc) is 2.37. The number of unbranched alkanes of at least 4 members (excludes halogenated alkanes) is 2. The van der Waals surface area contributed by atoms with Crippen LogP contribution in [0.4, 0.5) is 0 Å². The molecule has 0 fully saturated rings. The van der Waals surface area contributed by atoms with Crippen LogP contribution in [0, 0.1) is 5.92 Å². The highest BCUT2D eigenvalue weighted by atomic mass is 16.7. The minimum Gasteiger partial charge on any atom is -0.390 e. The first kappa shape index (κ1) is 20.9. The Kier molecular flexibility index (Phi) is 12.4. The van der Waals surface area contributed by atoms with Crippen LogP contribution < -0.4 is 0 Å². The molecule has 1 N–H and O–H groups in total. The lowest BCUT2D eigenvalue weighted by atomic mass is 9.95. The Labute approximate surface area is 132 Å². The predicted molar refractivity (Wildman–Crippen MR) is 89.4 cm³/mol. The molecule has 128 valence electrons. The zero-order valence-corrected chi connectivity index (χ0v) is 15.0. The molecule has 21 heavy (non-hydrogen) atoms. The lowest BCUT2D eigenvalue weighted by molar-refractivity contribution is -0.153. The second-order valence-corrected chi connectivity index (χ2v) is 6.92. The zero-order chi connectivity index (χ0) is 16.1. The lowest BCUT2D eigenvalue weighted by Gasteiger charge is -2.23. The molecule has 0 aromatic rings. The van der Waals surface area contributed by atoms with E-state index in [1.807, 2.05) is 13.8 Å². The molecule has 0 spiro atoms. The maximum absolute atomic E-state index is 9.75. The largest absolute Gasteiger partial charge is 0.390 e. The summed E-state index contributed by atoms with van der Waals surface area (Å²) in [7, 11) is 0. The molecule has 1 unspecified atom stereocenters. The summed E-state index contributed by atoms with van der Waals surface area (Å²) in [5.41, 5.74) is -0.547. The van der Waals surface area contributed by atoms with Crippen LogP contribution in [-0.2, 0) is 9.47 Å². The molecule has 0 amide bonds. The Hall–Kier alpha value is -0.120. The number of hydrogen-bond donors (Lipinski definition) is 1. The SMILES string of the molecule is CCCCOC(CC(C)CCCC(C)(C)O)OCCCC. The summed E-state index contributed by atoms with van der Waals surface area (Å²) >= 11 is 0. The molecule has 0 aliphatic carbocycles. The van der Waals surface area contributed by atoms with E-state index in [9.17, 15) is 5.11 Å². The summed E-state index contributed by atoms with van der Waals surface area (Å²) in [6.07, 6.45) is 8.44. The summed E-state index contributed by atoms with van der Waals surface area (Å²) in [5, 5.41) is 9.75. The molecule has 0 bridgehead atoms. The zero-order valence-electron chi connectivity index (χ0n) is 15.0. The number of rotatable bonds is 14. The van der Waals surface area contributed by atoms with Gasteiger partial charge in [0, 0.05) is 19.6 Å². The van der Waals surface area contributed by atoms with E-state index in [1.54, 1.807) is 0 Å². The van der Waals surface area contributed by atoms with Gasteiger partial charge in [0.25, 0.3) is 0 Å². The van der Waals surface area contributed by atoms with Crippen LogP contribution in [0.15, 0.2) is 0 Å². The van der Waals surface area contributed by atoms with Gasteiger partial charge in [-0.3, -0.25) is 0 Å². The van der Waals surface area contributed by atoms with Crippen molar-refractivity contribution in [1.29, 1.82) is 0 Å². The maximum Gasteiger partial charge on any atom is 0.157 e. The third-order valence-corrected chi connectivity index (χ3v) is 3.68.